The van der Waals surface area contributed by atoms with Crippen LogP contribution < -0.4 is 5.73 Å². The highest BCUT2D eigenvalue weighted by molar-refractivity contribution is 5.30. The first kappa shape index (κ1) is 11.1. The molecule has 0 heterocycles. The van der Waals surface area contributed by atoms with Crippen LogP contribution >= 0.6 is 0 Å². The molecule has 0 saturated heterocycles. The van der Waals surface area contributed by atoms with E-state index in [0.717, 1.165) is 12.1 Å². The summed E-state index contributed by atoms with van der Waals surface area (Å²) < 4.78 is 25.6. The molecule has 0 aliphatic carbocycles. The molecule has 2 atom stereocenters. The van der Waals surface area contributed by atoms with Crippen LogP contribution in [0, 0.1) is 18.6 Å². The van der Waals surface area contributed by atoms with Crippen LogP contribution in [0.5, 0.6) is 0 Å². The lowest BCUT2D eigenvalue weighted by molar-refractivity contribution is 0.152. The Morgan fingerprint density at radius 3 is 2.29 bits per heavy atom. The van der Waals surface area contributed by atoms with E-state index in [1.54, 1.807) is 13.8 Å². The Morgan fingerprint density at radius 1 is 1.29 bits per heavy atom. The second-order valence-corrected chi connectivity index (χ2v) is 3.43. The smallest absolute Gasteiger partial charge is 0.159 e. The van der Waals surface area contributed by atoms with Gasteiger partial charge in [0.1, 0.15) is 0 Å². The van der Waals surface area contributed by atoms with Gasteiger partial charge in [-0.15, -0.1) is 0 Å². The fourth-order valence-corrected chi connectivity index (χ4v) is 1.26. The topological polar surface area (TPSA) is 46.2 Å². The molecular weight excluding hydrogens is 188 g/mol. The fraction of sp³-hybridized carbons (Fsp3) is 0.400. The van der Waals surface area contributed by atoms with E-state index in [0.29, 0.717) is 11.1 Å². The zero-order valence-corrected chi connectivity index (χ0v) is 8.09. The number of nitrogens with two attached hydrogens (primary N) is 1. The quantitative estimate of drug-likeness (QED) is 0.764. The van der Waals surface area contributed by atoms with Gasteiger partial charge in [0.2, 0.25) is 0 Å². The molecule has 14 heavy (non-hydrogen) atoms. The van der Waals surface area contributed by atoms with Crippen LogP contribution in [-0.4, -0.2) is 11.1 Å². The van der Waals surface area contributed by atoms with E-state index in [-0.39, 0.29) is 0 Å². The molecule has 0 unspecified atom stereocenters. The molecule has 0 radical (unpaired) electrons. The van der Waals surface area contributed by atoms with Crippen molar-refractivity contribution in [3.8, 4) is 0 Å². The average molecular weight is 201 g/mol. The van der Waals surface area contributed by atoms with Gasteiger partial charge < -0.3 is 10.8 Å². The second kappa shape index (κ2) is 4.02. The number of benzene rings is 1. The van der Waals surface area contributed by atoms with Crippen LogP contribution in [0.15, 0.2) is 12.1 Å². The van der Waals surface area contributed by atoms with Gasteiger partial charge in [-0.25, -0.2) is 8.78 Å². The van der Waals surface area contributed by atoms with Crippen molar-refractivity contribution < 1.29 is 13.9 Å². The van der Waals surface area contributed by atoms with Crippen LogP contribution in [-0.2, 0) is 0 Å². The normalized spacial score (nSPS) is 15.3. The Morgan fingerprint density at radius 2 is 1.79 bits per heavy atom. The van der Waals surface area contributed by atoms with Gasteiger partial charge in [-0.3, -0.25) is 0 Å². The van der Waals surface area contributed by atoms with E-state index >= 15 is 0 Å². The van der Waals surface area contributed by atoms with Gasteiger partial charge in [-0.1, -0.05) is 0 Å². The van der Waals surface area contributed by atoms with Crippen molar-refractivity contribution in [3.05, 3.63) is 34.9 Å². The minimum absolute atomic E-state index is 0.332. The molecule has 0 spiro atoms. The lowest BCUT2D eigenvalue weighted by Crippen LogP contribution is -2.25. The molecule has 0 saturated carbocycles. The highest BCUT2D eigenvalue weighted by atomic mass is 19.2. The monoisotopic (exact) mass is 201 g/mol. The van der Waals surface area contributed by atoms with Gasteiger partial charge in [-0.05, 0) is 37.1 Å². The predicted octanol–water partition coefficient (Wildman–Crippen LogP) is 1.65. The van der Waals surface area contributed by atoms with Crippen LogP contribution in [0.25, 0.3) is 0 Å². The van der Waals surface area contributed by atoms with E-state index in [4.69, 9.17) is 5.73 Å². The van der Waals surface area contributed by atoms with Crippen molar-refractivity contribution in [2.45, 2.75) is 26.0 Å². The van der Waals surface area contributed by atoms with E-state index < -0.39 is 23.8 Å². The maximum absolute atomic E-state index is 12.9. The van der Waals surface area contributed by atoms with Crippen LogP contribution in [0.1, 0.15) is 24.2 Å². The molecule has 78 valence electrons. The van der Waals surface area contributed by atoms with Crippen molar-refractivity contribution in [2.75, 3.05) is 0 Å². The Bertz CT molecular complexity index is 339. The summed E-state index contributed by atoms with van der Waals surface area (Å²) in [5, 5.41) is 9.58. The zero-order valence-electron chi connectivity index (χ0n) is 8.09. The first-order valence-corrected chi connectivity index (χ1v) is 4.32. The number of rotatable bonds is 2. The van der Waals surface area contributed by atoms with E-state index in [1.807, 2.05) is 0 Å². The molecular formula is C10H13F2NO. The Balaban J connectivity index is 3.15. The van der Waals surface area contributed by atoms with Crippen molar-refractivity contribution in [1.29, 1.82) is 0 Å². The standard InChI is InChI=1S/C10H13F2NO/c1-5-3-8(11)9(12)4-7(5)10(14)6(2)13/h3-4,6,10,14H,13H2,1-2H3/t6-,10-/m0/s1. The first-order chi connectivity index (χ1) is 6.43. The minimum Gasteiger partial charge on any atom is -0.387 e. The molecule has 0 fully saturated rings. The van der Waals surface area contributed by atoms with Crippen molar-refractivity contribution in [1.82, 2.24) is 0 Å². The predicted molar refractivity (Wildman–Crippen MR) is 49.7 cm³/mol. The molecule has 2 nitrogen and oxygen atoms in total. The van der Waals surface area contributed by atoms with E-state index in [9.17, 15) is 13.9 Å². The van der Waals surface area contributed by atoms with Crippen LogP contribution in [0.2, 0.25) is 0 Å². The molecule has 0 aromatic heterocycles. The number of aryl methyl sites for hydroxylation is 1. The minimum atomic E-state index is -0.968. The molecule has 1 aromatic rings. The third-order valence-corrected chi connectivity index (χ3v) is 2.13. The van der Waals surface area contributed by atoms with Gasteiger partial charge in [0.25, 0.3) is 0 Å². The third kappa shape index (κ3) is 2.08. The molecule has 1 rings (SSSR count). The highest BCUT2D eigenvalue weighted by Crippen LogP contribution is 2.22. The summed E-state index contributed by atoms with van der Waals surface area (Å²) in [6, 6.07) is 1.52. The molecule has 0 amide bonds. The lowest BCUT2D eigenvalue weighted by atomic mass is 9.99. The summed E-state index contributed by atoms with van der Waals surface area (Å²) in [5.41, 5.74) is 6.29. The van der Waals surface area contributed by atoms with Gasteiger partial charge in [0, 0.05) is 6.04 Å². The lowest BCUT2D eigenvalue weighted by Gasteiger charge is -2.17. The Kier molecular flexibility index (Phi) is 3.18. The second-order valence-electron chi connectivity index (χ2n) is 3.43. The van der Waals surface area contributed by atoms with E-state index in [2.05, 4.69) is 0 Å². The largest absolute Gasteiger partial charge is 0.387 e. The first-order valence-electron chi connectivity index (χ1n) is 4.32. The van der Waals surface area contributed by atoms with Crippen LogP contribution in [0.3, 0.4) is 0 Å². The average Bonchev–Trinajstić information content (AvgIpc) is 2.10. The summed E-state index contributed by atoms with van der Waals surface area (Å²) in [5.74, 6) is -1.88. The molecule has 3 N–H and O–H groups in total. The van der Waals surface area contributed by atoms with Crippen molar-refractivity contribution in [2.24, 2.45) is 5.73 Å². The van der Waals surface area contributed by atoms with Gasteiger partial charge >= 0.3 is 0 Å². The summed E-state index contributed by atoms with van der Waals surface area (Å²) in [6.45, 7) is 3.20. The van der Waals surface area contributed by atoms with Gasteiger partial charge in [0.05, 0.1) is 6.10 Å². The molecule has 0 bridgehead atoms. The highest BCUT2D eigenvalue weighted by Gasteiger charge is 2.17. The van der Waals surface area contributed by atoms with Crippen LogP contribution in [0.4, 0.5) is 8.78 Å². The van der Waals surface area contributed by atoms with Gasteiger partial charge in [-0.2, -0.15) is 0 Å². The van der Waals surface area contributed by atoms with Gasteiger partial charge in [0.15, 0.2) is 11.6 Å². The SMILES string of the molecule is Cc1cc(F)c(F)cc1[C@@H](O)[C@H](C)N. The molecule has 1 aromatic carbocycles. The number of hydrogen-bond donors (Lipinski definition) is 2. The Labute approximate surface area is 81.4 Å². The summed E-state index contributed by atoms with van der Waals surface area (Å²) >= 11 is 0. The summed E-state index contributed by atoms with van der Waals surface area (Å²) in [7, 11) is 0. The summed E-state index contributed by atoms with van der Waals surface area (Å²) in [6.07, 6.45) is -0.968. The number of hydrogen-bond acceptors (Lipinski definition) is 2. The number of aliphatic hydroxyl groups excluding tert-OH is 1. The fourth-order valence-electron chi connectivity index (χ4n) is 1.26. The molecule has 0 aliphatic rings. The van der Waals surface area contributed by atoms with E-state index in [1.165, 1.54) is 0 Å². The number of halogens is 2. The van der Waals surface area contributed by atoms with Crippen molar-refractivity contribution in [3.63, 3.8) is 0 Å². The summed E-state index contributed by atoms with van der Waals surface area (Å²) in [4.78, 5) is 0. The third-order valence-electron chi connectivity index (χ3n) is 2.13. The number of aliphatic hydroxyl groups is 1. The molecule has 4 heteroatoms. The zero-order chi connectivity index (χ0) is 10.9. The maximum atomic E-state index is 12.9. The maximum Gasteiger partial charge on any atom is 0.159 e. The Hall–Kier alpha value is -1.00. The molecule has 0 aliphatic heterocycles. The van der Waals surface area contributed by atoms with Crippen molar-refractivity contribution >= 4 is 0 Å².